The first kappa shape index (κ1) is 21.7. The Morgan fingerprint density at radius 2 is 1.52 bits per heavy atom. The van der Waals surface area contributed by atoms with Crippen molar-refractivity contribution in [1.82, 2.24) is 18.6 Å². The molecule has 31 heavy (non-hydrogen) atoms. The van der Waals surface area contributed by atoms with Gasteiger partial charge in [0.25, 0.3) is 0 Å². The molecule has 1 aliphatic rings. The van der Waals surface area contributed by atoms with Crippen LogP contribution in [0.15, 0.2) is 77.0 Å². The first-order valence-corrected chi connectivity index (χ1v) is 12.9. The monoisotopic (exact) mass is 460 g/mol. The Morgan fingerprint density at radius 3 is 2.10 bits per heavy atom. The van der Waals surface area contributed by atoms with Crippen LogP contribution in [0.5, 0.6) is 0 Å². The van der Waals surface area contributed by atoms with Crippen LogP contribution in [0.2, 0.25) is 0 Å². The lowest BCUT2D eigenvalue weighted by atomic mass is 10.1. The van der Waals surface area contributed by atoms with Gasteiger partial charge in [0.1, 0.15) is 0 Å². The average molecular weight is 461 g/mol. The fourth-order valence-electron chi connectivity index (χ4n) is 3.58. The SMILES string of the molecule is C[C@@H](NS(=O)(=O)c1ccc(S(=O)(=O)N2CCCC2)cc1)c1ccc(-n2ccnc2)cc1. The molecule has 0 amide bonds. The molecular weight excluding hydrogens is 436 g/mol. The minimum Gasteiger partial charge on any atom is -0.306 e. The summed E-state index contributed by atoms with van der Waals surface area (Å²) in [5, 5.41) is 0. The summed E-state index contributed by atoms with van der Waals surface area (Å²) < 4.78 is 56.8. The molecular formula is C21H24N4O4S2. The summed E-state index contributed by atoms with van der Waals surface area (Å²) in [5.74, 6) is 0. The Balaban J connectivity index is 1.48. The van der Waals surface area contributed by atoms with Gasteiger partial charge in [-0.25, -0.2) is 26.5 Å². The van der Waals surface area contributed by atoms with Crippen molar-refractivity contribution in [2.75, 3.05) is 13.1 Å². The molecule has 1 aliphatic heterocycles. The third-order valence-corrected chi connectivity index (χ3v) is 8.83. The van der Waals surface area contributed by atoms with Gasteiger partial charge in [0.05, 0.1) is 16.1 Å². The van der Waals surface area contributed by atoms with Gasteiger partial charge in [-0.15, -0.1) is 0 Å². The van der Waals surface area contributed by atoms with E-state index >= 15 is 0 Å². The molecule has 4 rings (SSSR count). The molecule has 10 heteroatoms. The predicted octanol–water partition coefficient (Wildman–Crippen LogP) is 2.70. The van der Waals surface area contributed by atoms with E-state index in [1.54, 1.807) is 19.4 Å². The molecule has 2 aromatic carbocycles. The zero-order valence-electron chi connectivity index (χ0n) is 17.0. The summed E-state index contributed by atoms with van der Waals surface area (Å²) in [7, 11) is -7.39. The van der Waals surface area contributed by atoms with Crippen LogP contribution in [0.3, 0.4) is 0 Å². The van der Waals surface area contributed by atoms with Crippen molar-refractivity contribution in [3.05, 3.63) is 72.8 Å². The van der Waals surface area contributed by atoms with E-state index in [0.29, 0.717) is 13.1 Å². The summed E-state index contributed by atoms with van der Waals surface area (Å²) in [6, 6.07) is 12.4. The normalized spacial score (nSPS) is 16.4. The maximum absolute atomic E-state index is 12.8. The largest absolute Gasteiger partial charge is 0.306 e. The number of hydrogen-bond acceptors (Lipinski definition) is 5. The van der Waals surface area contributed by atoms with Crippen LogP contribution < -0.4 is 4.72 Å². The molecule has 1 saturated heterocycles. The molecule has 0 bridgehead atoms. The highest BCUT2D eigenvalue weighted by Crippen LogP contribution is 2.23. The molecule has 0 radical (unpaired) electrons. The van der Waals surface area contributed by atoms with Crippen molar-refractivity contribution < 1.29 is 16.8 Å². The lowest BCUT2D eigenvalue weighted by Gasteiger charge is -2.17. The molecule has 164 valence electrons. The number of nitrogens with zero attached hydrogens (tertiary/aromatic N) is 3. The molecule has 3 aromatic rings. The lowest BCUT2D eigenvalue weighted by Crippen LogP contribution is -2.28. The van der Waals surface area contributed by atoms with Gasteiger partial charge < -0.3 is 4.57 Å². The van der Waals surface area contributed by atoms with E-state index in [2.05, 4.69) is 9.71 Å². The van der Waals surface area contributed by atoms with Gasteiger partial charge in [-0.3, -0.25) is 0 Å². The van der Waals surface area contributed by atoms with E-state index in [4.69, 9.17) is 0 Å². The number of nitrogens with one attached hydrogen (secondary N) is 1. The molecule has 2 heterocycles. The van der Waals surface area contributed by atoms with Crippen LogP contribution in [0.1, 0.15) is 31.4 Å². The summed E-state index contributed by atoms with van der Waals surface area (Å²) in [5.41, 5.74) is 1.73. The number of hydrogen-bond donors (Lipinski definition) is 1. The summed E-state index contributed by atoms with van der Waals surface area (Å²) in [4.78, 5) is 4.14. The second kappa shape index (κ2) is 8.54. The molecule has 0 aliphatic carbocycles. The number of rotatable bonds is 7. The third-order valence-electron chi connectivity index (χ3n) is 5.36. The van der Waals surface area contributed by atoms with Gasteiger partial charge in [-0.2, -0.15) is 4.31 Å². The number of sulfonamides is 2. The highest BCUT2D eigenvalue weighted by Gasteiger charge is 2.27. The minimum atomic E-state index is -3.82. The first-order valence-electron chi connectivity index (χ1n) is 9.98. The molecule has 1 fully saturated rings. The average Bonchev–Trinajstić information content (AvgIpc) is 3.48. The van der Waals surface area contributed by atoms with E-state index < -0.39 is 26.1 Å². The topological polar surface area (TPSA) is 101 Å². The van der Waals surface area contributed by atoms with Gasteiger partial charge in [-0.1, -0.05) is 12.1 Å². The van der Waals surface area contributed by atoms with E-state index in [1.807, 2.05) is 35.0 Å². The first-order chi connectivity index (χ1) is 14.8. The van der Waals surface area contributed by atoms with Gasteiger partial charge in [0, 0.05) is 37.2 Å². The maximum Gasteiger partial charge on any atom is 0.243 e. The molecule has 8 nitrogen and oxygen atoms in total. The van der Waals surface area contributed by atoms with Crippen LogP contribution in [0, 0.1) is 0 Å². The highest BCUT2D eigenvalue weighted by atomic mass is 32.2. The summed E-state index contributed by atoms with van der Waals surface area (Å²) in [6.45, 7) is 2.76. The molecule has 1 aromatic heterocycles. The Morgan fingerprint density at radius 1 is 0.903 bits per heavy atom. The number of benzene rings is 2. The quantitative estimate of drug-likeness (QED) is 0.584. The lowest BCUT2D eigenvalue weighted by molar-refractivity contribution is 0.477. The van der Waals surface area contributed by atoms with Crippen molar-refractivity contribution in [3.63, 3.8) is 0 Å². The van der Waals surface area contributed by atoms with Crippen LogP contribution in [0.25, 0.3) is 5.69 Å². The second-order valence-corrected chi connectivity index (χ2v) is 11.1. The van der Waals surface area contributed by atoms with Gasteiger partial charge in [0.15, 0.2) is 0 Å². The Kier molecular flexibility index (Phi) is 5.98. The molecule has 1 atom stereocenters. The predicted molar refractivity (Wildman–Crippen MR) is 117 cm³/mol. The van der Waals surface area contributed by atoms with Gasteiger partial charge in [-0.05, 0) is 61.7 Å². The molecule has 0 saturated carbocycles. The second-order valence-electron chi connectivity index (χ2n) is 7.49. The fourth-order valence-corrected chi connectivity index (χ4v) is 6.33. The van der Waals surface area contributed by atoms with Crippen molar-refractivity contribution in [2.24, 2.45) is 0 Å². The smallest absolute Gasteiger partial charge is 0.243 e. The molecule has 1 N–H and O–H groups in total. The Bertz CT molecular complexity index is 1230. The van der Waals surface area contributed by atoms with Crippen molar-refractivity contribution >= 4 is 20.0 Å². The molecule has 0 spiro atoms. The van der Waals surface area contributed by atoms with Gasteiger partial charge >= 0.3 is 0 Å². The van der Waals surface area contributed by atoms with Crippen LogP contribution in [-0.4, -0.2) is 43.8 Å². The zero-order valence-corrected chi connectivity index (χ0v) is 18.7. The van der Waals surface area contributed by atoms with Crippen molar-refractivity contribution in [3.8, 4) is 5.69 Å². The summed E-state index contributed by atoms with van der Waals surface area (Å²) in [6.07, 6.45) is 6.89. The van der Waals surface area contributed by atoms with E-state index in [0.717, 1.165) is 24.1 Å². The van der Waals surface area contributed by atoms with E-state index in [9.17, 15) is 16.8 Å². The zero-order chi connectivity index (χ0) is 22.1. The van der Waals surface area contributed by atoms with Gasteiger partial charge in [0.2, 0.25) is 20.0 Å². The van der Waals surface area contributed by atoms with Crippen molar-refractivity contribution in [1.29, 1.82) is 0 Å². The number of aromatic nitrogens is 2. The minimum absolute atomic E-state index is 0.0229. The standard InChI is InChI=1S/C21H24N4O4S2/c1-17(18-4-6-19(7-5-18)24-15-12-22-16-24)23-30(26,27)20-8-10-21(11-9-20)31(28,29)25-13-2-3-14-25/h4-12,15-17,23H,2-3,13-14H2,1H3/t17-/m1/s1. The van der Waals surface area contributed by atoms with Crippen LogP contribution in [-0.2, 0) is 20.0 Å². The van der Waals surface area contributed by atoms with E-state index in [-0.39, 0.29) is 9.79 Å². The van der Waals surface area contributed by atoms with E-state index in [1.165, 1.54) is 28.6 Å². The van der Waals surface area contributed by atoms with Crippen molar-refractivity contribution in [2.45, 2.75) is 35.6 Å². The summed E-state index contributed by atoms with van der Waals surface area (Å²) >= 11 is 0. The van der Waals surface area contributed by atoms with Crippen LogP contribution in [0.4, 0.5) is 0 Å². The Hall–Kier alpha value is -2.53. The third kappa shape index (κ3) is 4.57. The maximum atomic E-state index is 12.8. The Labute approximate surface area is 182 Å². The number of imidazole rings is 1. The highest BCUT2D eigenvalue weighted by molar-refractivity contribution is 7.89. The van der Waals surface area contributed by atoms with Crippen LogP contribution >= 0.6 is 0 Å². The molecule has 0 unspecified atom stereocenters. The fraction of sp³-hybridized carbons (Fsp3) is 0.286.